The van der Waals surface area contributed by atoms with Crippen LogP contribution in [0.3, 0.4) is 0 Å². The number of amides is 1. The van der Waals surface area contributed by atoms with Crippen LogP contribution in [0.5, 0.6) is 0 Å². The number of rotatable bonds is 4. The number of benzene rings is 2. The Kier molecular flexibility index (Phi) is 4.90. The summed E-state index contributed by atoms with van der Waals surface area (Å²) >= 11 is 6.04. The highest BCUT2D eigenvalue weighted by molar-refractivity contribution is 6.31. The summed E-state index contributed by atoms with van der Waals surface area (Å²) in [7, 11) is 0. The van der Waals surface area contributed by atoms with Gasteiger partial charge in [-0.05, 0) is 55.0 Å². The van der Waals surface area contributed by atoms with Crippen molar-refractivity contribution in [3.8, 4) is 0 Å². The number of carbonyl (C=O) groups is 1. The first-order chi connectivity index (χ1) is 12.0. The predicted octanol–water partition coefficient (Wildman–Crippen LogP) is 4.57. The number of hydrogen-bond donors (Lipinski definition) is 2. The summed E-state index contributed by atoms with van der Waals surface area (Å²) in [4.78, 5) is 12.3. The van der Waals surface area contributed by atoms with Crippen LogP contribution in [0.15, 0.2) is 54.6 Å². The average molecular weight is 357 g/mol. The Hall–Kier alpha value is -2.99. The van der Waals surface area contributed by atoms with Gasteiger partial charge in [0.25, 0.3) is 5.91 Å². The topological polar surface area (TPSA) is 66.9 Å². The number of anilines is 3. The van der Waals surface area contributed by atoms with E-state index in [1.54, 1.807) is 36.4 Å². The predicted molar refractivity (Wildman–Crippen MR) is 95.9 cm³/mol. The highest BCUT2D eigenvalue weighted by atomic mass is 35.5. The van der Waals surface area contributed by atoms with Crippen molar-refractivity contribution in [2.24, 2.45) is 0 Å². The van der Waals surface area contributed by atoms with E-state index in [1.807, 2.05) is 6.92 Å². The summed E-state index contributed by atoms with van der Waals surface area (Å²) in [6, 6.07) is 14.4. The molecule has 126 valence electrons. The number of nitrogens with one attached hydrogen (secondary N) is 2. The summed E-state index contributed by atoms with van der Waals surface area (Å²) in [6.07, 6.45) is 0. The lowest BCUT2D eigenvalue weighted by atomic mass is 10.2. The Bertz CT molecular complexity index is 915. The van der Waals surface area contributed by atoms with E-state index in [0.29, 0.717) is 22.2 Å². The van der Waals surface area contributed by atoms with Crippen molar-refractivity contribution in [2.45, 2.75) is 6.92 Å². The zero-order chi connectivity index (χ0) is 17.8. The van der Waals surface area contributed by atoms with E-state index >= 15 is 0 Å². The second-order valence-corrected chi connectivity index (χ2v) is 5.71. The van der Waals surface area contributed by atoms with E-state index < -0.39 is 5.91 Å². The van der Waals surface area contributed by atoms with Crippen molar-refractivity contribution in [1.29, 1.82) is 0 Å². The van der Waals surface area contributed by atoms with Crippen molar-refractivity contribution in [3.63, 3.8) is 0 Å². The molecule has 5 nitrogen and oxygen atoms in total. The fourth-order valence-electron chi connectivity index (χ4n) is 2.16. The minimum absolute atomic E-state index is 0.157. The summed E-state index contributed by atoms with van der Waals surface area (Å²) in [5, 5.41) is 14.1. The molecule has 0 fully saturated rings. The van der Waals surface area contributed by atoms with Gasteiger partial charge in [-0.1, -0.05) is 23.7 Å². The van der Waals surface area contributed by atoms with E-state index in [-0.39, 0.29) is 11.5 Å². The van der Waals surface area contributed by atoms with Gasteiger partial charge >= 0.3 is 0 Å². The normalized spacial score (nSPS) is 10.4. The van der Waals surface area contributed by atoms with Gasteiger partial charge in [-0.25, -0.2) is 4.39 Å². The van der Waals surface area contributed by atoms with Crippen LogP contribution in [-0.4, -0.2) is 16.1 Å². The van der Waals surface area contributed by atoms with Gasteiger partial charge in [0.2, 0.25) is 0 Å². The standard InChI is InChI=1S/C18H14ClFN4O/c1-11-14(19)6-3-7-15(11)22-18(25)16-8-9-17(24-23-16)21-13-5-2-4-12(20)10-13/h2-10H,1H3,(H,21,24)(H,22,25). The fraction of sp³-hybridized carbons (Fsp3) is 0.0556. The van der Waals surface area contributed by atoms with Crippen molar-refractivity contribution >= 4 is 34.7 Å². The van der Waals surface area contributed by atoms with Crippen LogP contribution in [0.2, 0.25) is 5.02 Å². The number of carbonyl (C=O) groups excluding carboxylic acids is 1. The van der Waals surface area contributed by atoms with Gasteiger partial charge in [-0.3, -0.25) is 4.79 Å². The number of aromatic nitrogens is 2. The van der Waals surface area contributed by atoms with Crippen molar-refractivity contribution in [2.75, 3.05) is 10.6 Å². The number of halogens is 2. The molecule has 0 aliphatic rings. The molecule has 0 spiro atoms. The molecule has 0 radical (unpaired) electrons. The largest absolute Gasteiger partial charge is 0.339 e. The quantitative estimate of drug-likeness (QED) is 0.718. The molecule has 1 amide bonds. The third-order valence-corrected chi connectivity index (χ3v) is 3.92. The second-order valence-electron chi connectivity index (χ2n) is 5.31. The molecule has 2 N–H and O–H groups in total. The fourth-order valence-corrected chi connectivity index (χ4v) is 2.34. The van der Waals surface area contributed by atoms with E-state index in [0.717, 1.165) is 5.56 Å². The first kappa shape index (κ1) is 16.9. The molecule has 7 heteroatoms. The summed E-state index contributed by atoms with van der Waals surface area (Å²) in [5.41, 5.74) is 2.08. The van der Waals surface area contributed by atoms with Gasteiger partial charge in [-0.15, -0.1) is 10.2 Å². The molecule has 3 aromatic rings. The van der Waals surface area contributed by atoms with Gasteiger partial charge in [0, 0.05) is 16.4 Å². The molecule has 0 unspecified atom stereocenters. The molecule has 0 aliphatic carbocycles. The third-order valence-electron chi connectivity index (χ3n) is 3.51. The van der Waals surface area contributed by atoms with Gasteiger partial charge < -0.3 is 10.6 Å². The van der Waals surface area contributed by atoms with E-state index in [1.165, 1.54) is 18.2 Å². The molecule has 1 heterocycles. The Morgan fingerprint density at radius 1 is 1.08 bits per heavy atom. The summed E-state index contributed by atoms with van der Waals surface area (Å²) in [6.45, 7) is 1.82. The smallest absolute Gasteiger partial charge is 0.276 e. The highest BCUT2D eigenvalue weighted by Gasteiger charge is 2.11. The van der Waals surface area contributed by atoms with Crippen molar-refractivity contribution < 1.29 is 9.18 Å². The molecule has 0 atom stereocenters. The molecule has 25 heavy (non-hydrogen) atoms. The Morgan fingerprint density at radius 3 is 2.60 bits per heavy atom. The average Bonchev–Trinajstić information content (AvgIpc) is 2.59. The zero-order valence-electron chi connectivity index (χ0n) is 13.3. The van der Waals surface area contributed by atoms with Crippen LogP contribution < -0.4 is 10.6 Å². The monoisotopic (exact) mass is 356 g/mol. The maximum Gasteiger partial charge on any atom is 0.276 e. The minimum Gasteiger partial charge on any atom is -0.339 e. The Balaban J connectivity index is 1.71. The van der Waals surface area contributed by atoms with Crippen LogP contribution >= 0.6 is 11.6 Å². The third kappa shape index (κ3) is 4.10. The van der Waals surface area contributed by atoms with Crippen LogP contribution in [-0.2, 0) is 0 Å². The molecule has 0 saturated carbocycles. The lowest BCUT2D eigenvalue weighted by molar-refractivity contribution is 0.102. The van der Waals surface area contributed by atoms with E-state index in [9.17, 15) is 9.18 Å². The molecule has 1 aromatic heterocycles. The van der Waals surface area contributed by atoms with Crippen molar-refractivity contribution in [1.82, 2.24) is 10.2 Å². The van der Waals surface area contributed by atoms with Gasteiger partial charge in [0.1, 0.15) is 5.82 Å². The second kappa shape index (κ2) is 7.27. The van der Waals surface area contributed by atoms with Crippen LogP contribution in [0.4, 0.5) is 21.6 Å². The molecular weight excluding hydrogens is 343 g/mol. The van der Waals surface area contributed by atoms with E-state index in [4.69, 9.17) is 11.6 Å². The lowest BCUT2D eigenvalue weighted by Crippen LogP contribution is -2.15. The molecular formula is C18H14ClFN4O. The Morgan fingerprint density at radius 2 is 1.88 bits per heavy atom. The zero-order valence-corrected chi connectivity index (χ0v) is 14.0. The van der Waals surface area contributed by atoms with Crippen LogP contribution in [0, 0.1) is 12.7 Å². The Labute approximate surface area is 148 Å². The highest BCUT2D eigenvalue weighted by Crippen LogP contribution is 2.23. The van der Waals surface area contributed by atoms with Crippen LogP contribution in [0.1, 0.15) is 16.1 Å². The minimum atomic E-state index is -0.393. The lowest BCUT2D eigenvalue weighted by Gasteiger charge is -2.09. The molecule has 0 bridgehead atoms. The summed E-state index contributed by atoms with van der Waals surface area (Å²) in [5.74, 6) is -0.345. The first-order valence-electron chi connectivity index (χ1n) is 7.46. The summed E-state index contributed by atoms with van der Waals surface area (Å²) < 4.78 is 13.2. The van der Waals surface area contributed by atoms with Gasteiger partial charge in [-0.2, -0.15) is 0 Å². The van der Waals surface area contributed by atoms with Gasteiger partial charge in [0.15, 0.2) is 11.5 Å². The molecule has 3 rings (SSSR count). The van der Waals surface area contributed by atoms with Crippen LogP contribution in [0.25, 0.3) is 0 Å². The maximum absolute atomic E-state index is 13.2. The molecule has 0 saturated heterocycles. The number of hydrogen-bond acceptors (Lipinski definition) is 4. The van der Waals surface area contributed by atoms with Gasteiger partial charge in [0.05, 0.1) is 0 Å². The van der Waals surface area contributed by atoms with E-state index in [2.05, 4.69) is 20.8 Å². The molecule has 0 aliphatic heterocycles. The maximum atomic E-state index is 13.2. The SMILES string of the molecule is Cc1c(Cl)cccc1NC(=O)c1ccc(Nc2cccc(F)c2)nn1. The molecule has 2 aromatic carbocycles. The first-order valence-corrected chi connectivity index (χ1v) is 7.83. The van der Waals surface area contributed by atoms with Crippen molar-refractivity contribution in [3.05, 3.63) is 76.7 Å². The number of nitrogens with zero attached hydrogens (tertiary/aromatic N) is 2.